The number of amides is 1. The molecular formula is C13H19N3OS. The normalized spacial score (nSPS) is 20.8. The van der Waals surface area contributed by atoms with Crippen molar-refractivity contribution in [1.29, 1.82) is 0 Å². The maximum absolute atomic E-state index is 12.5. The average molecular weight is 265 g/mol. The van der Waals surface area contributed by atoms with Crippen LogP contribution in [-0.4, -0.2) is 28.4 Å². The van der Waals surface area contributed by atoms with Gasteiger partial charge in [-0.1, -0.05) is 0 Å². The first-order valence-corrected chi connectivity index (χ1v) is 7.55. The van der Waals surface area contributed by atoms with Crippen LogP contribution in [0, 0.1) is 5.92 Å². The van der Waals surface area contributed by atoms with Gasteiger partial charge in [-0.15, -0.1) is 11.3 Å². The molecule has 0 saturated heterocycles. The summed E-state index contributed by atoms with van der Waals surface area (Å²) in [6.45, 7) is 2.82. The van der Waals surface area contributed by atoms with Gasteiger partial charge in [-0.05, 0) is 38.5 Å². The van der Waals surface area contributed by atoms with Gasteiger partial charge in [0.1, 0.15) is 10.7 Å². The molecule has 98 valence electrons. The predicted octanol–water partition coefficient (Wildman–Crippen LogP) is 2.18. The van der Waals surface area contributed by atoms with E-state index in [4.69, 9.17) is 5.73 Å². The first-order valence-electron chi connectivity index (χ1n) is 6.67. The Bertz CT molecular complexity index is 449. The number of carbonyl (C=O) groups is 1. The van der Waals surface area contributed by atoms with Crippen LogP contribution in [0.1, 0.15) is 54.1 Å². The zero-order valence-electron chi connectivity index (χ0n) is 10.6. The molecule has 2 aliphatic carbocycles. The lowest BCUT2D eigenvalue weighted by Crippen LogP contribution is -2.35. The summed E-state index contributed by atoms with van der Waals surface area (Å²) in [4.78, 5) is 18.9. The molecule has 4 nitrogen and oxygen atoms in total. The van der Waals surface area contributed by atoms with Gasteiger partial charge in [0.15, 0.2) is 0 Å². The first kappa shape index (κ1) is 12.1. The Hall–Kier alpha value is -0.940. The molecule has 1 heterocycles. The van der Waals surface area contributed by atoms with Crippen LogP contribution in [0.3, 0.4) is 0 Å². The van der Waals surface area contributed by atoms with Crippen LogP contribution >= 0.6 is 11.3 Å². The van der Waals surface area contributed by atoms with E-state index >= 15 is 0 Å². The van der Waals surface area contributed by atoms with Gasteiger partial charge in [0.25, 0.3) is 5.91 Å². The van der Waals surface area contributed by atoms with E-state index in [1.807, 2.05) is 17.2 Å². The smallest absolute Gasteiger partial charge is 0.273 e. The van der Waals surface area contributed by atoms with Crippen molar-refractivity contribution in [2.75, 3.05) is 6.54 Å². The van der Waals surface area contributed by atoms with E-state index < -0.39 is 0 Å². The standard InChI is InChI=1S/C13H19N3OS/c1-8(14)12-15-11(7-18-12)13(17)16(10-4-5-10)6-9-2-3-9/h7-10H,2-6,14H2,1H3. The van der Waals surface area contributed by atoms with Crippen LogP contribution < -0.4 is 5.73 Å². The summed E-state index contributed by atoms with van der Waals surface area (Å²) in [6.07, 6.45) is 4.86. The molecule has 2 aliphatic rings. The highest BCUT2D eigenvalue weighted by Gasteiger charge is 2.37. The Morgan fingerprint density at radius 1 is 1.56 bits per heavy atom. The van der Waals surface area contributed by atoms with E-state index in [9.17, 15) is 4.79 Å². The second kappa shape index (κ2) is 4.63. The highest BCUT2D eigenvalue weighted by molar-refractivity contribution is 7.09. The lowest BCUT2D eigenvalue weighted by Gasteiger charge is -2.21. The van der Waals surface area contributed by atoms with Crippen molar-refractivity contribution in [3.8, 4) is 0 Å². The van der Waals surface area contributed by atoms with E-state index in [1.165, 1.54) is 24.2 Å². The molecule has 1 aromatic heterocycles. The molecule has 1 amide bonds. The Labute approximate surface area is 111 Å². The number of carbonyl (C=O) groups excluding carboxylic acids is 1. The van der Waals surface area contributed by atoms with E-state index in [1.54, 1.807) is 0 Å². The van der Waals surface area contributed by atoms with Crippen LogP contribution in [0.25, 0.3) is 0 Å². The van der Waals surface area contributed by atoms with Crippen LogP contribution in [0.4, 0.5) is 0 Å². The summed E-state index contributed by atoms with van der Waals surface area (Å²) in [5.41, 5.74) is 6.37. The van der Waals surface area contributed by atoms with Crippen LogP contribution in [-0.2, 0) is 0 Å². The van der Waals surface area contributed by atoms with Crippen molar-refractivity contribution in [3.05, 3.63) is 16.1 Å². The molecule has 2 saturated carbocycles. The van der Waals surface area contributed by atoms with E-state index in [-0.39, 0.29) is 11.9 Å². The molecule has 1 unspecified atom stereocenters. The number of hydrogen-bond acceptors (Lipinski definition) is 4. The highest BCUT2D eigenvalue weighted by Crippen LogP contribution is 2.35. The lowest BCUT2D eigenvalue weighted by atomic mass is 10.3. The Balaban J connectivity index is 1.73. The zero-order chi connectivity index (χ0) is 12.7. The van der Waals surface area contributed by atoms with Crippen molar-refractivity contribution in [3.63, 3.8) is 0 Å². The minimum absolute atomic E-state index is 0.0886. The van der Waals surface area contributed by atoms with Crippen molar-refractivity contribution < 1.29 is 4.79 Å². The van der Waals surface area contributed by atoms with E-state index in [0.717, 1.165) is 30.3 Å². The molecule has 2 N–H and O–H groups in total. The summed E-state index contributed by atoms with van der Waals surface area (Å²) in [5.74, 6) is 0.841. The Kier molecular flexibility index (Phi) is 3.11. The molecule has 5 heteroatoms. The largest absolute Gasteiger partial charge is 0.334 e. The monoisotopic (exact) mass is 265 g/mol. The van der Waals surface area contributed by atoms with Gasteiger partial charge in [0.05, 0.1) is 6.04 Å². The van der Waals surface area contributed by atoms with Crippen LogP contribution in [0.2, 0.25) is 0 Å². The highest BCUT2D eigenvalue weighted by atomic mass is 32.1. The number of aromatic nitrogens is 1. The van der Waals surface area contributed by atoms with Crippen molar-refractivity contribution in [2.45, 2.75) is 44.7 Å². The number of rotatable bonds is 5. The summed E-state index contributed by atoms with van der Waals surface area (Å²) in [5, 5.41) is 2.70. The number of hydrogen-bond donors (Lipinski definition) is 1. The third kappa shape index (κ3) is 2.57. The van der Waals surface area contributed by atoms with Gasteiger partial charge in [-0.3, -0.25) is 4.79 Å². The number of nitrogens with two attached hydrogens (primary N) is 1. The van der Waals surface area contributed by atoms with Crippen molar-refractivity contribution >= 4 is 17.2 Å². The van der Waals surface area contributed by atoms with Gasteiger partial charge in [0, 0.05) is 18.0 Å². The van der Waals surface area contributed by atoms with Crippen LogP contribution in [0.5, 0.6) is 0 Å². The third-order valence-corrected chi connectivity index (χ3v) is 4.58. The van der Waals surface area contributed by atoms with Gasteiger partial charge in [-0.2, -0.15) is 0 Å². The molecule has 2 fully saturated rings. The fourth-order valence-corrected chi connectivity index (χ4v) is 2.86. The van der Waals surface area contributed by atoms with Crippen molar-refractivity contribution in [1.82, 2.24) is 9.88 Å². The summed E-state index contributed by atoms with van der Waals surface area (Å²) in [6, 6.07) is 0.382. The second-order valence-corrected chi connectivity index (χ2v) is 6.38. The summed E-state index contributed by atoms with van der Waals surface area (Å²) < 4.78 is 0. The average Bonchev–Trinajstić information content (AvgIpc) is 3.24. The Morgan fingerprint density at radius 3 is 2.78 bits per heavy atom. The van der Waals surface area contributed by atoms with E-state index in [2.05, 4.69) is 4.98 Å². The van der Waals surface area contributed by atoms with Gasteiger partial charge < -0.3 is 10.6 Å². The zero-order valence-corrected chi connectivity index (χ0v) is 11.4. The van der Waals surface area contributed by atoms with Gasteiger partial charge in [0.2, 0.25) is 0 Å². The molecule has 0 aromatic carbocycles. The lowest BCUT2D eigenvalue weighted by molar-refractivity contribution is 0.0729. The number of nitrogens with zero attached hydrogens (tertiary/aromatic N) is 2. The molecule has 3 rings (SSSR count). The molecular weight excluding hydrogens is 246 g/mol. The van der Waals surface area contributed by atoms with Gasteiger partial charge >= 0.3 is 0 Å². The minimum Gasteiger partial charge on any atom is -0.334 e. The molecule has 0 radical (unpaired) electrons. The molecule has 18 heavy (non-hydrogen) atoms. The Morgan fingerprint density at radius 2 is 2.28 bits per heavy atom. The molecule has 1 atom stereocenters. The minimum atomic E-state index is -0.0886. The SMILES string of the molecule is CC(N)c1nc(C(=O)N(CC2CC2)C2CC2)cs1. The fourth-order valence-electron chi connectivity index (χ4n) is 2.10. The summed E-state index contributed by atoms with van der Waals surface area (Å²) in [7, 11) is 0. The number of thiazole rings is 1. The third-order valence-electron chi connectivity index (χ3n) is 3.53. The maximum Gasteiger partial charge on any atom is 0.273 e. The predicted molar refractivity (Wildman–Crippen MR) is 71.5 cm³/mol. The first-order chi connectivity index (χ1) is 8.65. The van der Waals surface area contributed by atoms with Crippen LogP contribution in [0.15, 0.2) is 5.38 Å². The second-order valence-electron chi connectivity index (χ2n) is 5.49. The van der Waals surface area contributed by atoms with Crippen molar-refractivity contribution in [2.24, 2.45) is 11.7 Å². The quantitative estimate of drug-likeness (QED) is 0.887. The maximum atomic E-state index is 12.5. The summed E-state index contributed by atoms with van der Waals surface area (Å²) >= 11 is 1.49. The molecule has 0 bridgehead atoms. The van der Waals surface area contributed by atoms with E-state index in [0.29, 0.717) is 11.7 Å². The molecule has 0 spiro atoms. The van der Waals surface area contributed by atoms with Gasteiger partial charge in [-0.25, -0.2) is 4.98 Å². The molecule has 1 aromatic rings. The topological polar surface area (TPSA) is 59.2 Å². The fraction of sp³-hybridized carbons (Fsp3) is 0.692. The molecule has 0 aliphatic heterocycles.